The van der Waals surface area contributed by atoms with Crippen LogP contribution in [0.15, 0.2) is 36.0 Å². The number of anilines is 1. The van der Waals surface area contributed by atoms with Crippen LogP contribution in [0.3, 0.4) is 0 Å². The molecule has 0 amide bonds. The van der Waals surface area contributed by atoms with Gasteiger partial charge in [0.05, 0.1) is 5.70 Å². The molecule has 0 bridgehead atoms. The Labute approximate surface area is 109 Å². The Morgan fingerprint density at radius 2 is 2.11 bits per heavy atom. The van der Waals surface area contributed by atoms with Crippen LogP contribution in [0, 0.1) is 0 Å². The molecule has 0 radical (unpaired) electrons. The van der Waals surface area contributed by atoms with Crippen molar-refractivity contribution in [2.75, 3.05) is 5.32 Å². The van der Waals surface area contributed by atoms with Crippen LogP contribution in [0.2, 0.25) is 5.02 Å². The highest BCUT2D eigenvalue weighted by molar-refractivity contribution is 7.86. The number of benzene rings is 1. The monoisotopic (exact) mass is 287 g/mol. The molecular formula is C11H10ClNO4S. The summed E-state index contributed by atoms with van der Waals surface area (Å²) in [7, 11) is -4.23. The Kier molecular flexibility index (Phi) is 3.43. The number of allylic oxidation sites excluding steroid dienone is 1. The van der Waals surface area contributed by atoms with E-state index in [1.807, 2.05) is 0 Å². The van der Waals surface area contributed by atoms with Crippen LogP contribution < -0.4 is 5.32 Å². The molecule has 1 aliphatic rings. The Hall–Kier alpha value is -1.37. The summed E-state index contributed by atoms with van der Waals surface area (Å²) in [6.45, 7) is 0. The topological polar surface area (TPSA) is 83.5 Å². The number of hydrogen-bond acceptors (Lipinski definition) is 4. The molecule has 5 nitrogen and oxygen atoms in total. The smallest absolute Gasteiger partial charge is 0.271 e. The van der Waals surface area contributed by atoms with E-state index in [2.05, 4.69) is 5.32 Å². The lowest BCUT2D eigenvalue weighted by Crippen LogP contribution is -2.16. The average molecular weight is 288 g/mol. The maximum absolute atomic E-state index is 11.6. The maximum atomic E-state index is 11.6. The molecule has 0 aromatic heterocycles. The number of carbonyl (C=O) groups excluding carboxylic acids is 1. The minimum Gasteiger partial charge on any atom is -0.353 e. The van der Waals surface area contributed by atoms with Gasteiger partial charge in [-0.1, -0.05) is 17.7 Å². The van der Waals surface area contributed by atoms with E-state index in [1.165, 1.54) is 6.08 Å². The zero-order valence-electron chi connectivity index (χ0n) is 9.13. The number of carbonyl (C=O) groups is 1. The minimum absolute atomic E-state index is 0.153. The summed E-state index contributed by atoms with van der Waals surface area (Å²) in [4.78, 5) is 11.6. The Bertz CT molecular complexity index is 624. The molecule has 0 spiro atoms. The second-order valence-electron chi connectivity index (χ2n) is 3.90. The molecule has 1 aromatic rings. The van der Waals surface area contributed by atoms with E-state index in [4.69, 9.17) is 16.2 Å². The lowest BCUT2D eigenvalue weighted by Gasteiger charge is -2.05. The Morgan fingerprint density at radius 3 is 2.67 bits per heavy atom. The Morgan fingerprint density at radius 1 is 1.39 bits per heavy atom. The molecule has 0 saturated heterocycles. The summed E-state index contributed by atoms with van der Waals surface area (Å²) in [5.41, 5.74) is 0.734. The number of nitrogens with one attached hydrogen (secondary N) is 1. The van der Waals surface area contributed by atoms with Gasteiger partial charge in [0.25, 0.3) is 10.1 Å². The van der Waals surface area contributed by atoms with Crippen molar-refractivity contribution < 1.29 is 17.8 Å². The van der Waals surface area contributed by atoms with Crippen LogP contribution in [-0.2, 0) is 14.9 Å². The molecule has 2 rings (SSSR count). The molecule has 1 aliphatic carbocycles. The summed E-state index contributed by atoms with van der Waals surface area (Å²) >= 11 is 5.79. The van der Waals surface area contributed by atoms with Crippen molar-refractivity contribution in [2.45, 2.75) is 11.7 Å². The van der Waals surface area contributed by atoms with Crippen LogP contribution in [-0.4, -0.2) is 24.0 Å². The molecule has 0 aliphatic heterocycles. The van der Waals surface area contributed by atoms with Crippen molar-refractivity contribution >= 4 is 33.2 Å². The molecule has 1 aromatic carbocycles. The third kappa shape index (κ3) is 2.90. The van der Waals surface area contributed by atoms with Gasteiger partial charge in [0.1, 0.15) is 5.25 Å². The molecule has 1 atom stereocenters. The van der Waals surface area contributed by atoms with E-state index in [-0.39, 0.29) is 17.9 Å². The average Bonchev–Trinajstić information content (AvgIpc) is 2.60. The van der Waals surface area contributed by atoms with Crippen LogP contribution >= 0.6 is 11.6 Å². The predicted octanol–water partition coefficient (Wildman–Crippen LogP) is 1.86. The molecule has 7 heteroatoms. The van der Waals surface area contributed by atoms with Gasteiger partial charge in [0.2, 0.25) is 0 Å². The van der Waals surface area contributed by atoms with Crippen LogP contribution in [0.25, 0.3) is 0 Å². The van der Waals surface area contributed by atoms with E-state index < -0.39 is 15.4 Å². The number of ketones is 1. The van der Waals surface area contributed by atoms with Gasteiger partial charge in [-0.3, -0.25) is 9.35 Å². The highest BCUT2D eigenvalue weighted by Crippen LogP contribution is 2.23. The van der Waals surface area contributed by atoms with Gasteiger partial charge in [0, 0.05) is 17.1 Å². The fraction of sp³-hybridized carbons (Fsp3) is 0.182. The second kappa shape index (κ2) is 4.72. The number of halogens is 1. The molecule has 18 heavy (non-hydrogen) atoms. The lowest BCUT2D eigenvalue weighted by molar-refractivity contribution is -0.114. The number of rotatable bonds is 3. The standard InChI is InChI=1S/C11H10ClNO4S/c12-7-2-1-3-8(4-7)13-10-5-9(6-11(10)14)18(15,16)17/h1-5,9,13H,6H2,(H,15,16,17)/t9-/m1/s1. The zero-order valence-corrected chi connectivity index (χ0v) is 10.7. The first-order chi connectivity index (χ1) is 8.36. The normalized spacial score (nSPS) is 19.8. The summed E-state index contributed by atoms with van der Waals surface area (Å²) in [6, 6.07) is 6.68. The highest BCUT2D eigenvalue weighted by Gasteiger charge is 2.32. The summed E-state index contributed by atoms with van der Waals surface area (Å²) < 4.78 is 30.8. The summed E-state index contributed by atoms with van der Waals surface area (Å²) in [6.07, 6.45) is 0.959. The van der Waals surface area contributed by atoms with Crippen LogP contribution in [0.1, 0.15) is 6.42 Å². The molecule has 0 heterocycles. The summed E-state index contributed by atoms with van der Waals surface area (Å²) in [5.74, 6) is -0.363. The molecule has 0 fully saturated rings. The first kappa shape index (κ1) is 13.1. The van der Waals surface area contributed by atoms with Gasteiger partial charge in [-0.15, -0.1) is 0 Å². The van der Waals surface area contributed by atoms with Crippen molar-refractivity contribution in [3.63, 3.8) is 0 Å². The highest BCUT2D eigenvalue weighted by atomic mass is 35.5. The minimum atomic E-state index is -4.23. The number of Topliss-reactive ketones (excluding diaryl/α,β-unsaturated/α-hetero) is 1. The van der Waals surface area contributed by atoms with E-state index in [0.29, 0.717) is 10.7 Å². The fourth-order valence-corrected chi connectivity index (χ4v) is 2.52. The van der Waals surface area contributed by atoms with Gasteiger partial charge in [-0.2, -0.15) is 8.42 Å². The van der Waals surface area contributed by atoms with E-state index in [0.717, 1.165) is 0 Å². The van der Waals surface area contributed by atoms with Crippen LogP contribution in [0.4, 0.5) is 5.69 Å². The van der Waals surface area contributed by atoms with E-state index in [9.17, 15) is 13.2 Å². The molecule has 0 saturated carbocycles. The van der Waals surface area contributed by atoms with Gasteiger partial charge < -0.3 is 5.32 Å². The summed E-state index contributed by atoms with van der Waals surface area (Å²) in [5, 5.41) is 2.11. The van der Waals surface area contributed by atoms with Crippen molar-refractivity contribution in [2.24, 2.45) is 0 Å². The fourth-order valence-electron chi connectivity index (χ4n) is 1.65. The zero-order chi connectivity index (χ0) is 13.3. The quantitative estimate of drug-likeness (QED) is 0.829. The van der Waals surface area contributed by atoms with Gasteiger partial charge in [0.15, 0.2) is 5.78 Å². The third-order valence-corrected chi connectivity index (χ3v) is 3.83. The van der Waals surface area contributed by atoms with Crippen molar-refractivity contribution in [1.82, 2.24) is 0 Å². The SMILES string of the molecule is O=C1C[C@H](S(=O)(=O)O)C=C1Nc1cccc(Cl)c1. The lowest BCUT2D eigenvalue weighted by atomic mass is 10.3. The van der Waals surface area contributed by atoms with E-state index in [1.54, 1.807) is 24.3 Å². The van der Waals surface area contributed by atoms with Gasteiger partial charge in [-0.25, -0.2) is 0 Å². The second-order valence-corrected chi connectivity index (χ2v) is 5.97. The predicted molar refractivity (Wildman–Crippen MR) is 68.1 cm³/mol. The van der Waals surface area contributed by atoms with Crippen molar-refractivity contribution in [1.29, 1.82) is 0 Å². The molecular weight excluding hydrogens is 278 g/mol. The molecule has 2 N–H and O–H groups in total. The van der Waals surface area contributed by atoms with E-state index >= 15 is 0 Å². The first-order valence-electron chi connectivity index (χ1n) is 5.10. The maximum Gasteiger partial charge on any atom is 0.271 e. The Balaban J connectivity index is 2.22. The van der Waals surface area contributed by atoms with Crippen molar-refractivity contribution in [3.05, 3.63) is 41.1 Å². The molecule has 96 valence electrons. The van der Waals surface area contributed by atoms with Gasteiger partial charge in [-0.05, 0) is 24.3 Å². The van der Waals surface area contributed by atoms with Crippen molar-refractivity contribution in [3.8, 4) is 0 Å². The molecule has 0 unspecified atom stereocenters. The first-order valence-corrected chi connectivity index (χ1v) is 6.98. The van der Waals surface area contributed by atoms with Gasteiger partial charge >= 0.3 is 0 Å². The third-order valence-electron chi connectivity index (χ3n) is 2.53. The number of hydrogen-bond donors (Lipinski definition) is 2. The van der Waals surface area contributed by atoms with Crippen LogP contribution in [0.5, 0.6) is 0 Å². The largest absolute Gasteiger partial charge is 0.353 e.